The maximum atomic E-state index is 10.1. The van der Waals surface area contributed by atoms with Crippen LogP contribution in [0.4, 0.5) is 0 Å². The number of aliphatic hydroxyl groups is 1. The second-order valence-corrected chi connectivity index (χ2v) is 6.26. The maximum absolute atomic E-state index is 10.1. The van der Waals surface area contributed by atoms with Gasteiger partial charge in [-0.15, -0.1) is 0 Å². The van der Waals surface area contributed by atoms with Crippen molar-refractivity contribution >= 4 is 15.9 Å². The molecular weight excluding hydrogens is 290 g/mol. The molecule has 0 amide bonds. The van der Waals surface area contributed by atoms with Gasteiger partial charge in [-0.2, -0.15) is 0 Å². The van der Waals surface area contributed by atoms with Crippen molar-refractivity contribution in [3.05, 3.63) is 34.3 Å². The van der Waals surface area contributed by atoms with Crippen molar-refractivity contribution in [2.24, 2.45) is 5.92 Å². The van der Waals surface area contributed by atoms with E-state index < -0.39 is 0 Å². The summed E-state index contributed by atoms with van der Waals surface area (Å²) in [4.78, 5) is 2.29. The molecule has 0 spiro atoms. The van der Waals surface area contributed by atoms with Gasteiger partial charge in [-0.25, -0.2) is 0 Å². The van der Waals surface area contributed by atoms with E-state index in [9.17, 15) is 5.11 Å². The smallest absolute Gasteiger partial charge is 0.0802 e. The summed E-state index contributed by atoms with van der Waals surface area (Å²) in [5.74, 6) is 0.738. The van der Waals surface area contributed by atoms with Crippen LogP contribution in [0.2, 0.25) is 0 Å². The second-order valence-electron chi connectivity index (χ2n) is 5.35. The van der Waals surface area contributed by atoms with Crippen LogP contribution in [0.15, 0.2) is 28.7 Å². The van der Waals surface area contributed by atoms with Crippen LogP contribution < -0.4 is 0 Å². The van der Waals surface area contributed by atoms with Gasteiger partial charge < -0.3 is 10.0 Å². The summed E-state index contributed by atoms with van der Waals surface area (Å²) in [6.45, 7) is 6.51. The molecule has 0 aliphatic rings. The van der Waals surface area contributed by atoms with Gasteiger partial charge in [0.25, 0.3) is 0 Å². The molecule has 0 saturated carbocycles. The molecule has 102 valence electrons. The molecule has 1 aromatic carbocycles. The Labute approximate surface area is 119 Å². The van der Waals surface area contributed by atoms with E-state index in [4.69, 9.17) is 0 Å². The highest BCUT2D eigenvalue weighted by Crippen LogP contribution is 2.20. The summed E-state index contributed by atoms with van der Waals surface area (Å²) in [5, 5.41) is 10.1. The van der Waals surface area contributed by atoms with E-state index in [1.807, 2.05) is 24.3 Å². The minimum Gasteiger partial charge on any atom is -0.388 e. The van der Waals surface area contributed by atoms with Crippen LogP contribution in [0.1, 0.15) is 38.4 Å². The van der Waals surface area contributed by atoms with Gasteiger partial charge >= 0.3 is 0 Å². The normalized spacial score (nSPS) is 13.3. The fourth-order valence-electron chi connectivity index (χ4n) is 1.81. The zero-order valence-corrected chi connectivity index (χ0v) is 13.2. The van der Waals surface area contributed by atoms with Gasteiger partial charge in [0, 0.05) is 11.0 Å². The van der Waals surface area contributed by atoms with Gasteiger partial charge in [0.15, 0.2) is 0 Å². The third kappa shape index (κ3) is 5.98. The first-order valence-corrected chi connectivity index (χ1v) is 7.40. The Balaban J connectivity index is 2.34. The van der Waals surface area contributed by atoms with E-state index in [1.165, 1.54) is 6.42 Å². The summed E-state index contributed by atoms with van der Waals surface area (Å²) in [6.07, 6.45) is 1.62. The molecule has 1 unspecified atom stereocenters. The molecule has 3 heteroatoms. The molecule has 1 aromatic rings. The Morgan fingerprint density at radius 2 is 1.89 bits per heavy atom. The first kappa shape index (κ1) is 15.7. The summed E-state index contributed by atoms with van der Waals surface area (Å²) < 4.78 is 1.02. The van der Waals surface area contributed by atoms with Gasteiger partial charge in [-0.05, 0) is 50.0 Å². The summed E-state index contributed by atoms with van der Waals surface area (Å²) in [5.41, 5.74) is 0.988. The molecule has 0 bridgehead atoms. The average molecular weight is 314 g/mol. The molecule has 0 aliphatic heterocycles. The number of benzene rings is 1. The zero-order chi connectivity index (χ0) is 13.5. The van der Waals surface area contributed by atoms with Crippen LogP contribution in [-0.2, 0) is 0 Å². The number of hydrogen-bond acceptors (Lipinski definition) is 2. The molecule has 1 atom stereocenters. The average Bonchev–Trinajstić information content (AvgIpc) is 2.33. The number of rotatable bonds is 7. The van der Waals surface area contributed by atoms with Crippen molar-refractivity contribution < 1.29 is 5.11 Å². The van der Waals surface area contributed by atoms with Crippen molar-refractivity contribution in [2.75, 3.05) is 20.1 Å². The quantitative estimate of drug-likeness (QED) is 0.826. The Bertz CT molecular complexity index is 354. The van der Waals surface area contributed by atoms with Crippen LogP contribution in [0, 0.1) is 5.92 Å². The van der Waals surface area contributed by atoms with Crippen LogP contribution in [-0.4, -0.2) is 30.1 Å². The molecule has 2 nitrogen and oxygen atoms in total. The Morgan fingerprint density at radius 1 is 1.22 bits per heavy atom. The highest BCUT2D eigenvalue weighted by atomic mass is 79.9. The molecule has 0 aromatic heterocycles. The van der Waals surface area contributed by atoms with Gasteiger partial charge in [-0.3, -0.25) is 0 Å². The number of hydrogen-bond donors (Lipinski definition) is 1. The molecule has 1 rings (SSSR count). The van der Waals surface area contributed by atoms with Gasteiger partial charge in [0.1, 0.15) is 0 Å². The summed E-state index contributed by atoms with van der Waals surface area (Å²) in [7, 11) is 2.12. The third-order valence-electron chi connectivity index (χ3n) is 3.11. The highest BCUT2D eigenvalue weighted by Gasteiger charge is 2.09. The molecule has 0 fully saturated rings. The summed E-state index contributed by atoms with van der Waals surface area (Å²) in [6, 6.07) is 7.90. The lowest BCUT2D eigenvalue weighted by Gasteiger charge is -2.20. The van der Waals surface area contributed by atoms with Gasteiger partial charge in [0.05, 0.1) is 6.10 Å². The standard InChI is InChI=1S/C15H24BrNO/c1-12(2)7-9-17(3)10-8-15(18)13-5-4-6-14(16)11-13/h4-6,11-12,15,18H,7-10H2,1-3H3. The van der Waals surface area contributed by atoms with Crippen molar-refractivity contribution in [1.29, 1.82) is 0 Å². The van der Waals surface area contributed by atoms with Crippen LogP contribution in [0.3, 0.4) is 0 Å². The van der Waals surface area contributed by atoms with Crippen molar-refractivity contribution in [3.63, 3.8) is 0 Å². The van der Waals surface area contributed by atoms with Crippen molar-refractivity contribution in [3.8, 4) is 0 Å². The van der Waals surface area contributed by atoms with E-state index in [1.54, 1.807) is 0 Å². The largest absolute Gasteiger partial charge is 0.388 e. The lowest BCUT2D eigenvalue weighted by atomic mass is 10.1. The molecule has 0 aliphatic carbocycles. The second kappa shape index (κ2) is 7.93. The lowest BCUT2D eigenvalue weighted by Crippen LogP contribution is -2.23. The minimum absolute atomic E-state index is 0.371. The van der Waals surface area contributed by atoms with E-state index >= 15 is 0 Å². The highest BCUT2D eigenvalue weighted by molar-refractivity contribution is 9.10. The molecule has 1 N–H and O–H groups in total. The first-order valence-electron chi connectivity index (χ1n) is 6.61. The molecular formula is C15H24BrNO. The predicted molar refractivity (Wildman–Crippen MR) is 80.7 cm³/mol. The number of aliphatic hydroxyl groups excluding tert-OH is 1. The van der Waals surface area contributed by atoms with E-state index in [2.05, 4.69) is 41.7 Å². The SMILES string of the molecule is CC(C)CCN(C)CCC(O)c1cccc(Br)c1. The van der Waals surface area contributed by atoms with Gasteiger partial charge in [0.2, 0.25) is 0 Å². The maximum Gasteiger partial charge on any atom is 0.0802 e. The van der Waals surface area contributed by atoms with Crippen LogP contribution in [0.5, 0.6) is 0 Å². The van der Waals surface area contributed by atoms with E-state index in [0.29, 0.717) is 0 Å². The lowest BCUT2D eigenvalue weighted by molar-refractivity contribution is 0.148. The Hall–Kier alpha value is -0.380. The molecule has 0 radical (unpaired) electrons. The first-order chi connectivity index (χ1) is 8.49. The minimum atomic E-state index is -0.371. The zero-order valence-electron chi connectivity index (χ0n) is 11.6. The number of halogens is 1. The molecule has 0 saturated heterocycles. The van der Waals surface area contributed by atoms with E-state index in [0.717, 1.165) is 35.5 Å². The van der Waals surface area contributed by atoms with Crippen molar-refractivity contribution in [1.82, 2.24) is 4.90 Å². The third-order valence-corrected chi connectivity index (χ3v) is 3.60. The topological polar surface area (TPSA) is 23.5 Å². The Kier molecular flexibility index (Phi) is 6.90. The summed E-state index contributed by atoms with van der Waals surface area (Å²) >= 11 is 3.43. The fourth-order valence-corrected chi connectivity index (χ4v) is 2.23. The molecule has 18 heavy (non-hydrogen) atoms. The van der Waals surface area contributed by atoms with Crippen LogP contribution in [0.25, 0.3) is 0 Å². The Morgan fingerprint density at radius 3 is 2.50 bits per heavy atom. The predicted octanol–water partition coefficient (Wildman–Crippen LogP) is 3.85. The monoisotopic (exact) mass is 313 g/mol. The fraction of sp³-hybridized carbons (Fsp3) is 0.600. The van der Waals surface area contributed by atoms with E-state index in [-0.39, 0.29) is 6.10 Å². The van der Waals surface area contributed by atoms with Gasteiger partial charge in [-0.1, -0.05) is 41.9 Å². The molecule has 0 heterocycles. The van der Waals surface area contributed by atoms with Crippen LogP contribution >= 0.6 is 15.9 Å². The van der Waals surface area contributed by atoms with Crippen molar-refractivity contribution in [2.45, 2.75) is 32.8 Å². The number of nitrogens with zero attached hydrogens (tertiary/aromatic N) is 1.